The summed E-state index contributed by atoms with van der Waals surface area (Å²) in [5.41, 5.74) is 8.95. The minimum Gasteiger partial charge on any atom is -0.491 e. The molecule has 1 aliphatic rings. The average Bonchev–Trinajstić information content (AvgIpc) is 2.65. The van der Waals surface area contributed by atoms with Gasteiger partial charge in [0.2, 0.25) is 0 Å². The summed E-state index contributed by atoms with van der Waals surface area (Å²) in [6.45, 7) is 6.44. The fourth-order valence-corrected chi connectivity index (χ4v) is 2.64. The zero-order valence-electron chi connectivity index (χ0n) is 12.0. The van der Waals surface area contributed by atoms with Gasteiger partial charge in [-0.2, -0.15) is 5.10 Å². The molecular formula is C15H20N4O. The molecule has 106 valence electrons. The van der Waals surface area contributed by atoms with Crippen molar-refractivity contribution in [2.75, 3.05) is 23.8 Å². The van der Waals surface area contributed by atoms with Crippen LogP contribution >= 0.6 is 0 Å². The fraction of sp³-hybridized carbons (Fsp3) is 0.400. The quantitative estimate of drug-likeness (QED) is 0.913. The van der Waals surface area contributed by atoms with Crippen LogP contribution in [-0.2, 0) is 6.54 Å². The normalized spacial score (nSPS) is 14.6. The lowest BCUT2D eigenvalue weighted by molar-refractivity contribution is 0.322. The Morgan fingerprint density at radius 3 is 2.95 bits per heavy atom. The number of hydrogen-bond acceptors (Lipinski definition) is 4. The van der Waals surface area contributed by atoms with E-state index in [2.05, 4.69) is 23.0 Å². The summed E-state index contributed by atoms with van der Waals surface area (Å²) in [4.78, 5) is 2.22. The number of para-hydroxylation sites is 2. The monoisotopic (exact) mass is 272 g/mol. The molecule has 20 heavy (non-hydrogen) atoms. The first-order chi connectivity index (χ1) is 9.72. The van der Waals surface area contributed by atoms with E-state index in [1.165, 1.54) is 0 Å². The van der Waals surface area contributed by atoms with E-state index in [1.54, 1.807) is 0 Å². The van der Waals surface area contributed by atoms with Crippen LogP contribution in [0.4, 0.5) is 17.2 Å². The van der Waals surface area contributed by atoms with Crippen LogP contribution in [0.2, 0.25) is 0 Å². The van der Waals surface area contributed by atoms with Gasteiger partial charge in [0, 0.05) is 13.1 Å². The van der Waals surface area contributed by atoms with Crippen LogP contribution in [0.5, 0.6) is 5.75 Å². The van der Waals surface area contributed by atoms with E-state index in [9.17, 15) is 0 Å². The third-order valence-corrected chi connectivity index (χ3v) is 3.64. The van der Waals surface area contributed by atoms with Crippen molar-refractivity contribution < 1.29 is 4.74 Å². The van der Waals surface area contributed by atoms with Gasteiger partial charge in [-0.1, -0.05) is 12.1 Å². The molecule has 0 saturated carbocycles. The van der Waals surface area contributed by atoms with Crippen LogP contribution in [0.1, 0.15) is 19.0 Å². The van der Waals surface area contributed by atoms with Gasteiger partial charge in [-0.3, -0.25) is 0 Å². The third kappa shape index (κ3) is 1.99. The molecule has 2 N–H and O–H groups in total. The van der Waals surface area contributed by atoms with Crippen molar-refractivity contribution in [3.8, 4) is 5.75 Å². The lowest BCUT2D eigenvalue weighted by atomic mass is 10.2. The van der Waals surface area contributed by atoms with Gasteiger partial charge in [0.05, 0.1) is 23.7 Å². The van der Waals surface area contributed by atoms with E-state index in [-0.39, 0.29) is 0 Å². The first kappa shape index (κ1) is 12.8. The van der Waals surface area contributed by atoms with Crippen molar-refractivity contribution in [1.82, 2.24) is 9.78 Å². The van der Waals surface area contributed by atoms with Gasteiger partial charge in [-0.25, -0.2) is 4.68 Å². The summed E-state index contributed by atoms with van der Waals surface area (Å²) in [5.74, 6) is 1.88. The predicted octanol–water partition coefficient (Wildman–Crippen LogP) is 2.71. The maximum Gasteiger partial charge on any atom is 0.155 e. The second-order valence-corrected chi connectivity index (χ2v) is 4.96. The van der Waals surface area contributed by atoms with E-state index >= 15 is 0 Å². The number of fused-ring (bicyclic) bond motifs is 1. The number of rotatable bonds is 2. The van der Waals surface area contributed by atoms with Gasteiger partial charge in [-0.05, 0) is 32.4 Å². The van der Waals surface area contributed by atoms with Crippen LogP contribution < -0.4 is 15.4 Å². The van der Waals surface area contributed by atoms with Crippen LogP contribution in [-0.4, -0.2) is 22.9 Å². The molecule has 3 rings (SSSR count). The van der Waals surface area contributed by atoms with E-state index < -0.39 is 0 Å². The van der Waals surface area contributed by atoms with E-state index in [4.69, 9.17) is 10.5 Å². The molecular weight excluding hydrogens is 252 g/mol. The molecule has 5 heteroatoms. The second kappa shape index (κ2) is 5.07. The highest BCUT2D eigenvalue weighted by atomic mass is 16.5. The number of nitrogens with zero attached hydrogens (tertiary/aromatic N) is 3. The third-order valence-electron chi connectivity index (χ3n) is 3.64. The molecule has 0 radical (unpaired) electrons. The van der Waals surface area contributed by atoms with Gasteiger partial charge in [0.15, 0.2) is 5.82 Å². The smallest absolute Gasteiger partial charge is 0.155 e. The molecule has 2 aromatic rings. The maximum atomic E-state index is 6.25. The molecule has 0 saturated heterocycles. The number of nitrogen functional groups attached to an aromatic ring is 1. The lowest BCUT2D eigenvalue weighted by Gasteiger charge is -2.24. The molecule has 1 aromatic carbocycles. The van der Waals surface area contributed by atoms with Crippen molar-refractivity contribution in [3.63, 3.8) is 0 Å². The number of nitrogens with two attached hydrogens (primary N) is 1. The molecule has 1 aliphatic heterocycles. The number of anilines is 3. The van der Waals surface area contributed by atoms with Crippen molar-refractivity contribution in [2.45, 2.75) is 26.8 Å². The predicted molar refractivity (Wildman–Crippen MR) is 80.6 cm³/mol. The van der Waals surface area contributed by atoms with Gasteiger partial charge >= 0.3 is 0 Å². The van der Waals surface area contributed by atoms with E-state index in [0.29, 0.717) is 0 Å². The Labute approximate surface area is 118 Å². The molecule has 0 amide bonds. The summed E-state index contributed by atoms with van der Waals surface area (Å²) >= 11 is 0. The SMILES string of the molecule is CCn1nc(C)c(N)c1N1CCCOc2ccccc21. The van der Waals surface area contributed by atoms with E-state index in [1.807, 2.05) is 29.8 Å². The molecule has 0 bridgehead atoms. The number of hydrogen-bond donors (Lipinski definition) is 1. The molecule has 1 aromatic heterocycles. The van der Waals surface area contributed by atoms with E-state index in [0.717, 1.165) is 54.8 Å². The highest BCUT2D eigenvalue weighted by Gasteiger charge is 2.23. The summed E-state index contributed by atoms with van der Waals surface area (Å²) < 4.78 is 7.77. The Bertz CT molecular complexity index is 620. The summed E-state index contributed by atoms with van der Waals surface area (Å²) in [7, 11) is 0. The maximum absolute atomic E-state index is 6.25. The number of ether oxygens (including phenoxy) is 1. The zero-order chi connectivity index (χ0) is 14.1. The summed E-state index contributed by atoms with van der Waals surface area (Å²) in [5, 5.41) is 4.52. The van der Waals surface area contributed by atoms with Gasteiger partial charge < -0.3 is 15.4 Å². The van der Waals surface area contributed by atoms with Gasteiger partial charge in [0.25, 0.3) is 0 Å². The van der Waals surface area contributed by atoms with Gasteiger partial charge in [-0.15, -0.1) is 0 Å². The van der Waals surface area contributed by atoms with Gasteiger partial charge in [0.1, 0.15) is 5.75 Å². The minimum atomic E-state index is 0.729. The largest absolute Gasteiger partial charge is 0.491 e. The topological polar surface area (TPSA) is 56.3 Å². The second-order valence-electron chi connectivity index (χ2n) is 4.96. The minimum absolute atomic E-state index is 0.729. The first-order valence-corrected chi connectivity index (χ1v) is 7.04. The van der Waals surface area contributed by atoms with Crippen molar-refractivity contribution in [1.29, 1.82) is 0 Å². The number of aromatic nitrogens is 2. The molecule has 0 spiro atoms. The first-order valence-electron chi connectivity index (χ1n) is 7.04. The number of benzene rings is 1. The highest BCUT2D eigenvalue weighted by Crippen LogP contribution is 2.39. The molecule has 5 nitrogen and oxygen atoms in total. The Hall–Kier alpha value is -2.17. The number of aryl methyl sites for hydroxylation is 2. The Morgan fingerprint density at radius 2 is 2.15 bits per heavy atom. The van der Waals surface area contributed by atoms with Crippen LogP contribution in [0.15, 0.2) is 24.3 Å². The Kier molecular flexibility index (Phi) is 3.26. The zero-order valence-corrected chi connectivity index (χ0v) is 12.0. The molecule has 2 heterocycles. The van der Waals surface area contributed by atoms with Crippen LogP contribution in [0, 0.1) is 6.92 Å². The van der Waals surface area contributed by atoms with Crippen molar-refractivity contribution in [2.24, 2.45) is 0 Å². The molecule has 0 unspecified atom stereocenters. The lowest BCUT2D eigenvalue weighted by Crippen LogP contribution is -2.22. The molecule has 0 atom stereocenters. The summed E-state index contributed by atoms with van der Waals surface area (Å²) in [6, 6.07) is 8.09. The molecule has 0 fully saturated rings. The fourth-order valence-electron chi connectivity index (χ4n) is 2.64. The Morgan fingerprint density at radius 1 is 1.35 bits per heavy atom. The Balaban J connectivity index is 2.15. The van der Waals surface area contributed by atoms with Crippen LogP contribution in [0.25, 0.3) is 0 Å². The van der Waals surface area contributed by atoms with Crippen molar-refractivity contribution >= 4 is 17.2 Å². The average molecular weight is 272 g/mol. The summed E-state index contributed by atoms with van der Waals surface area (Å²) in [6.07, 6.45) is 0.960. The molecule has 0 aliphatic carbocycles. The van der Waals surface area contributed by atoms with Crippen molar-refractivity contribution in [3.05, 3.63) is 30.0 Å². The standard InChI is InChI=1S/C15H20N4O/c1-3-19-15(14(16)11(2)17-19)18-9-6-10-20-13-8-5-4-7-12(13)18/h4-5,7-8H,3,6,9-10,16H2,1-2H3. The van der Waals surface area contributed by atoms with Crippen LogP contribution in [0.3, 0.4) is 0 Å². The highest BCUT2D eigenvalue weighted by molar-refractivity contribution is 5.76.